The van der Waals surface area contributed by atoms with E-state index < -0.39 is 0 Å². The zero-order valence-corrected chi connectivity index (χ0v) is 18.4. The molecule has 1 aromatic heterocycles. The molecule has 1 aliphatic rings. The first-order valence-electron chi connectivity index (χ1n) is 9.97. The van der Waals surface area contributed by atoms with Crippen LogP contribution in [0.3, 0.4) is 0 Å². The lowest BCUT2D eigenvalue weighted by Gasteiger charge is -2.18. The van der Waals surface area contributed by atoms with Crippen molar-refractivity contribution >= 4 is 22.9 Å². The van der Waals surface area contributed by atoms with Crippen LogP contribution in [-0.4, -0.2) is 22.6 Å². The molecule has 0 atom stereocenters. The summed E-state index contributed by atoms with van der Waals surface area (Å²) in [5.74, 6) is 1.52. The van der Waals surface area contributed by atoms with Crippen LogP contribution in [0.4, 0.5) is 11.4 Å². The molecule has 6 heteroatoms. The van der Waals surface area contributed by atoms with E-state index in [0.29, 0.717) is 5.82 Å². The molecule has 30 heavy (non-hydrogen) atoms. The minimum atomic E-state index is 0.123. The number of nitrogens with one attached hydrogen (secondary N) is 3. The second-order valence-electron chi connectivity index (χ2n) is 8.52. The highest BCUT2D eigenvalue weighted by molar-refractivity contribution is 5.97. The SMILES string of the molecule is C=C(NC1=NCC(C(C)(C)C)=C1)Nc1ccc(NC(=C)c2cc(C)nnc2C)cc1. The van der Waals surface area contributed by atoms with Crippen molar-refractivity contribution in [3.63, 3.8) is 0 Å². The third-order valence-corrected chi connectivity index (χ3v) is 4.87. The third kappa shape index (κ3) is 5.35. The maximum Gasteiger partial charge on any atom is 0.126 e. The molecule has 0 spiro atoms. The maximum absolute atomic E-state index is 4.54. The second kappa shape index (κ2) is 8.53. The summed E-state index contributed by atoms with van der Waals surface area (Å²) in [7, 11) is 0. The van der Waals surface area contributed by atoms with Gasteiger partial charge in [-0.2, -0.15) is 10.2 Å². The first-order chi connectivity index (χ1) is 14.1. The molecule has 156 valence electrons. The van der Waals surface area contributed by atoms with E-state index in [2.05, 4.69) is 71.1 Å². The summed E-state index contributed by atoms with van der Waals surface area (Å²) in [5, 5.41) is 18.1. The maximum atomic E-state index is 4.54. The molecule has 1 aromatic carbocycles. The summed E-state index contributed by atoms with van der Waals surface area (Å²) in [5.41, 5.74) is 6.76. The molecule has 3 N–H and O–H groups in total. The zero-order valence-electron chi connectivity index (χ0n) is 18.4. The quantitative estimate of drug-likeness (QED) is 0.632. The number of aryl methyl sites for hydroxylation is 2. The van der Waals surface area contributed by atoms with E-state index in [0.717, 1.165) is 46.4 Å². The smallest absolute Gasteiger partial charge is 0.126 e. The second-order valence-corrected chi connectivity index (χ2v) is 8.52. The minimum Gasteiger partial charge on any atom is -0.355 e. The van der Waals surface area contributed by atoms with Gasteiger partial charge in [0, 0.05) is 22.6 Å². The molecular weight excluding hydrogens is 372 g/mol. The minimum absolute atomic E-state index is 0.123. The van der Waals surface area contributed by atoms with E-state index in [1.165, 1.54) is 5.57 Å². The molecular formula is C24H30N6. The van der Waals surface area contributed by atoms with Crippen LogP contribution in [0.15, 0.2) is 66.0 Å². The van der Waals surface area contributed by atoms with Crippen LogP contribution in [0.1, 0.15) is 37.7 Å². The molecule has 0 fully saturated rings. The van der Waals surface area contributed by atoms with Gasteiger partial charge in [-0.15, -0.1) is 0 Å². The highest BCUT2D eigenvalue weighted by Gasteiger charge is 2.21. The van der Waals surface area contributed by atoms with Gasteiger partial charge in [0.25, 0.3) is 0 Å². The lowest BCUT2D eigenvalue weighted by molar-refractivity contribution is 0.499. The Bertz CT molecular complexity index is 1020. The van der Waals surface area contributed by atoms with Gasteiger partial charge >= 0.3 is 0 Å². The number of aromatic nitrogens is 2. The van der Waals surface area contributed by atoms with Gasteiger partial charge in [0.2, 0.25) is 0 Å². The van der Waals surface area contributed by atoms with Crippen molar-refractivity contribution in [2.75, 3.05) is 17.2 Å². The van der Waals surface area contributed by atoms with Gasteiger partial charge in [0.05, 0.1) is 17.9 Å². The van der Waals surface area contributed by atoms with E-state index in [-0.39, 0.29) is 5.41 Å². The Balaban J connectivity index is 1.57. The third-order valence-electron chi connectivity index (χ3n) is 4.87. The molecule has 0 saturated heterocycles. The summed E-state index contributed by atoms with van der Waals surface area (Å²) in [6.45, 7) is 19.4. The number of amidine groups is 1. The predicted molar refractivity (Wildman–Crippen MR) is 126 cm³/mol. The zero-order chi connectivity index (χ0) is 21.9. The number of hydrogen-bond acceptors (Lipinski definition) is 6. The van der Waals surface area contributed by atoms with E-state index in [9.17, 15) is 0 Å². The normalized spacial score (nSPS) is 13.4. The van der Waals surface area contributed by atoms with Gasteiger partial charge in [-0.3, -0.25) is 4.99 Å². The molecule has 0 amide bonds. The Labute approximate surface area is 178 Å². The van der Waals surface area contributed by atoms with Gasteiger partial charge in [0.1, 0.15) is 11.7 Å². The van der Waals surface area contributed by atoms with Crippen molar-refractivity contribution in [3.8, 4) is 0 Å². The summed E-state index contributed by atoms with van der Waals surface area (Å²) >= 11 is 0. The van der Waals surface area contributed by atoms with Gasteiger partial charge in [0.15, 0.2) is 0 Å². The van der Waals surface area contributed by atoms with Crippen molar-refractivity contribution in [1.82, 2.24) is 15.5 Å². The Kier molecular flexibility index (Phi) is 6.06. The van der Waals surface area contributed by atoms with Gasteiger partial charge < -0.3 is 16.0 Å². The predicted octanol–water partition coefficient (Wildman–Crippen LogP) is 5.03. The first kappa shape index (κ1) is 21.3. The molecule has 0 aliphatic carbocycles. The molecule has 0 unspecified atom stereocenters. The highest BCUT2D eigenvalue weighted by atomic mass is 15.1. The molecule has 1 aliphatic heterocycles. The topological polar surface area (TPSA) is 74.2 Å². The standard InChI is InChI=1S/C24H30N6/c1-15-12-22(17(3)30-29-15)16(2)26-20-8-10-21(11-9-20)27-18(4)28-23-13-19(14-25-23)24(5,6)7/h8-13,26-27H,2,4,14H2,1,3,5-7H3,(H,25,28). The average molecular weight is 403 g/mol. The van der Waals surface area contributed by atoms with Gasteiger partial charge in [-0.25, -0.2) is 0 Å². The van der Waals surface area contributed by atoms with Crippen LogP contribution in [-0.2, 0) is 0 Å². The lowest BCUT2D eigenvalue weighted by atomic mass is 9.87. The summed E-state index contributed by atoms with van der Waals surface area (Å²) < 4.78 is 0. The lowest BCUT2D eigenvalue weighted by Crippen LogP contribution is -2.24. The fourth-order valence-corrected chi connectivity index (χ4v) is 3.05. The molecule has 6 nitrogen and oxygen atoms in total. The van der Waals surface area contributed by atoms with Crippen LogP contribution in [0.25, 0.3) is 5.70 Å². The number of hydrogen-bond donors (Lipinski definition) is 3. The highest BCUT2D eigenvalue weighted by Crippen LogP contribution is 2.27. The number of anilines is 2. The molecule has 3 rings (SSSR count). The molecule has 0 radical (unpaired) electrons. The van der Waals surface area contributed by atoms with Crippen LogP contribution >= 0.6 is 0 Å². The van der Waals surface area contributed by atoms with E-state index in [4.69, 9.17) is 0 Å². The molecule has 2 aromatic rings. The fraction of sp³-hybridized carbons (Fsp3) is 0.292. The summed E-state index contributed by atoms with van der Waals surface area (Å²) in [6.07, 6.45) is 2.10. The van der Waals surface area contributed by atoms with Gasteiger partial charge in [-0.1, -0.05) is 33.9 Å². The summed E-state index contributed by atoms with van der Waals surface area (Å²) in [4.78, 5) is 4.54. The summed E-state index contributed by atoms with van der Waals surface area (Å²) in [6, 6.07) is 9.93. The Hall–Kier alpha value is -3.41. The number of nitrogens with zero attached hydrogens (tertiary/aromatic N) is 3. The number of rotatable bonds is 6. The van der Waals surface area contributed by atoms with Crippen molar-refractivity contribution in [2.24, 2.45) is 10.4 Å². The van der Waals surface area contributed by atoms with Crippen molar-refractivity contribution in [3.05, 3.63) is 77.9 Å². The van der Waals surface area contributed by atoms with E-state index in [1.54, 1.807) is 0 Å². The van der Waals surface area contributed by atoms with Gasteiger partial charge in [-0.05, 0) is 61.2 Å². The van der Waals surface area contributed by atoms with Crippen molar-refractivity contribution in [2.45, 2.75) is 34.6 Å². The van der Waals surface area contributed by atoms with E-state index in [1.807, 2.05) is 44.2 Å². The van der Waals surface area contributed by atoms with Crippen LogP contribution < -0.4 is 16.0 Å². The molecule has 2 heterocycles. The first-order valence-corrected chi connectivity index (χ1v) is 9.97. The molecule has 0 bridgehead atoms. The van der Waals surface area contributed by atoms with Crippen LogP contribution in [0, 0.1) is 19.3 Å². The van der Waals surface area contributed by atoms with Crippen LogP contribution in [0.5, 0.6) is 0 Å². The monoisotopic (exact) mass is 402 g/mol. The Morgan fingerprint density at radius 3 is 2.17 bits per heavy atom. The Morgan fingerprint density at radius 1 is 0.933 bits per heavy atom. The average Bonchev–Trinajstić information content (AvgIpc) is 3.14. The number of aliphatic imine (C=N–C) groups is 1. The van der Waals surface area contributed by atoms with E-state index >= 15 is 0 Å². The fourth-order valence-electron chi connectivity index (χ4n) is 3.05. The van der Waals surface area contributed by atoms with Crippen LogP contribution in [0.2, 0.25) is 0 Å². The van der Waals surface area contributed by atoms with Crippen molar-refractivity contribution < 1.29 is 0 Å². The number of benzene rings is 1. The Morgan fingerprint density at radius 2 is 1.57 bits per heavy atom. The molecule has 0 saturated carbocycles. The largest absolute Gasteiger partial charge is 0.355 e. The van der Waals surface area contributed by atoms with Crippen molar-refractivity contribution in [1.29, 1.82) is 0 Å².